The van der Waals surface area contributed by atoms with E-state index in [1.807, 2.05) is 0 Å². The van der Waals surface area contributed by atoms with Gasteiger partial charge < -0.3 is 14.6 Å². The highest BCUT2D eigenvalue weighted by Crippen LogP contribution is 2.24. The Hall–Kier alpha value is -2.20. The summed E-state index contributed by atoms with van der Waals surface area (Å²) in [5.74, 6) is -1.05. The smallest absolute Gasteiger partial charge is 0.353 e. The van der Waals surface area contributed by atoms with E-state index < -0.39 is 11.6 Å². The first kappa shape index (κ1) is 10.3. The van der Waals surface area contributed by atoms with Crippen molar-refractivity contribution in [3.63, 3.8) is 0 Å². The van der Waals surface area contributed by atoms with Crippen molar-refractivity contribution in [1.29, 1.82) is 5.26 Å². The van der Waals surface area contributed by atoms with Crippen molar-refractivity contribution in [3.05, 3.63) is 18.1 Å². The van der Waals surface area contributed by atoms with Crippen molar-refractivity contribution in [3.8, 4) is 11.9 Å². The van der Waals surface area contributed by atoms with Crippen LogP contribution in [0.3, 0.4) is 0 Å². The number of hydrogen-bond donors (Lipinski definition) is 1. The lowest BCUT2D eigenvalue weighted by Gasteiger charge is -2.36. The average Bonchev–Trinajstić information content (AvgIpc) is 2.24. The Morgan fingerprint density at radius 1 is 1.56 bits per heavy atom. The summed E-state index contributed by atoms with van der Waals surface area (Å²) in [4.78, 5) is 18.4. The third kappa shape index (κ3) is 1.66. The maximum atomic E-state index is 10.9. The molecular formula is C9H7N3O4. The molecule has 0 atom stereocenters. The van der Waals surface area contributed by atoms with Gasteiger partial charge in [0.25, 0.3) is 5.60 Å². The zero-order valence-electron chi connectivity index (χ0n) is 8.08. The summed E-state index contributed by atoms with van der Waals surface area (Å²) < 4.78 is 10.0. The fourth-order valence-electron chi connectivity index (χ4n) is 1.14. The molecule has 1 aromatic rings. The van der Waals surface area contributed by atoms with E-state index in [-0.39, 0.29) is 24.8 Å². The van der Waals surface area contributed by atoms with Gasteiger partial charge in [0.05, 0.1) is 12.4 Å². The van der Waals surface area contributed by atoms with Gasteiger partial charge in [-0.25, -0.2) is 14.8 Å². The molecule has 0 amide bonds. The molecule has 16 heavy (non-hydrogen) atoms. The molecule has 1 aliphatic heterocycles. The quantitative estimate of drug-likeness (QED) is 0.738. The second kappa shape index (κ2) is 3.75. The van der Waals surface area contributed by atoms with E-state index in [2.05, 4.69) is 9.97 Å². The molecule has 1 N–H and O–H groups in total. The van der Waals surface area contributed by atoms with Gasteiger partial charge >= 0.3 is 5.97 Å². The fraction of sp³-hybridized carbons (Fsp3) is 0.333. The molecule has 0 saturated carbocycles. The van der Waals surface area contributed by atoms with E-state index in [0.29, 0.717) is 0 Å². The maximum absolute atomic E-state index is 10.9. The van der Waals surface area contributed by atoms with E-state index >= 15 is 0 Å². The van der Waals surface area contributed by atoms with Crippen molar-refractivity contribution >= 4 is 5.97 Å². The van der Waals surface area contributed by atoms with Crippen LogP contribution in [0.15, 0.2) is 12.4 Å². The third-order valence-corrected chi connectivity index (χ3v) is 2.10. The molecule has 0 unspecified atom stereocenters. The first-order chi connectivity index (χ1) is 7.66. The molecule has 0 radical (unpaired) electrons. The van der Waals surface area contributed by atoms with Crippen LogP contribution in [0.1, 0.15) is 5.69 Å². The van der Waals surface area contributed by atoms with Crippen LogP contribution < -0.4 is 4.74 Å². The number of carboxylic acid groups (broad SMARTS) is 1. The molecule has 0 bridgehead atoms. The fourth-order valence-corrected chi connectivity index (χ4v) is 1.14. The van der Waals surface area contributed by atoms with E-state index in [0.717, 1.165) is 0 Å². The van der Waals surface area contributed by atoms with Gasteiger partial charge in [-0.15, -0.1) is 0 Å². The number of hydrogen-bond acceptors (Lipinski definition) is 6. The van der Waals surface area contributed by atoms with Crippen molar-refractivity contribution in [1.82, 2.24) is 9.97 Å². The van der Waals surface area contributed by atoms with Gasteiger partial charge in [-0.1, -0.05) is 0 Å². The number of nitrogens with zero attached hydrogens (tertiary/aromatic N) is 3. The molecule has 0 aromatic carbocycles. The molecule has 7 heteroatoms. The Morgan fingerprint density at radius 2 is 2.31 bits per heavy atom. The predicted octanol–water partition coefficient (Wildman–Crippen LogP) is -0.419. The number of ether oxygens (including phenoxy) is 2. The summed E-state index contributed by atoms with van der Waals surface area (Å²) in [6.45, 7) is -0.0476. The first-order valence-corrected chi connectivity index (χ1v) is 4.39. The Kier molecular flexibility index (Phi) is 2.42. The Balaban J connectivity index is 2.14. The molecule has 1 saturated heterocycles. The first-order valence-electron chi connectivity index (χ1n) is 4.39. The molecule has 2 rings (SSSR count). The lowest BCUT2D eigenvalue weighted by molar-refractivity contribution is -0.198. The standard InChI is InChI=1S/C9H7N3O4/c10-1-6-2-12-7(3-11-6)16-9(8(13)14)4-15-5-9/h2-3H,4-5H2,(H,13,14). The Labute approximate surface area is 90.3 Å². The van der Waals surface area contributed by atoms with Crippen molar-refractivity contribution in [2.24, 2.45) is 0 Å². The number of aromatic nitrogens is 2. The second-order valence-electron chi connectivity index (χ2n) is 3.25. The summed E-state index contributed by atoms with van der Waals surface area (Å²) in [7, 11) is 0. The Morgan fingerprint density at radius 3 is 2.69 bits per heavy atom. The van der Waals surface area contributed by atoms with E-state index in [4.69, 9.17) is 19.8 Å². The number of nitriles is 1. The minimum absolute atomic E-state index is 0.0238. The van der Waals surface area contributed by atoms with E-state index in [9.17, 15) is 4.79 Å². The largest absolute Gasteiger partial charge is 0.478 e. The van der Waals surface area contributed by atoms with Crippen molar-refractivity contribution in [2.75, 3.05) is 13.2 Å². The van der Waals surface area contributed by atoms with Gasteiger partial charge in [-0.3, -0.25) is 0 Å². The molecule has 82 valence electrons. The Bertz CT molecular complexity index is 447. The lowest BCUT2D eigenvalue weighted by atomic mass is 10.0. The van der Waals surface area contributed by atoms with Crippen LogP contribution in [0.2, 0.25) is 0 Å². The van der Waals surface area contributed by atoms with Crippen molar-refractivity contribution in [2.45, 2.75) is 5.60 Å². The highest BCUT2D eigenvalue weighted by molar-refractivity contribution is 5.79. The van der Waals surface area contributed by atoms with Crippen molar-refractivity contribution < 1.29 is 19.4 Å². The van der Waals surface area contributed by atoms with Gasteiger partial charge in [0.2, 0.25) is 5.88 Å². The molecule has 7 nitrogen and oxygen atoms in total. The summed E-state index contributed by atoms with van der Waals surface area (Å²) >= 11 is 0. The number of carboxylic acids is 1. The van der Waals surface area contributed by atoms with Crippen LogP contribution in [0.25, 0.3) is 0 Å². The van der Waals surface area contributed by atoms with Crippen LogP contribution in [0.5, 0.6) is 5.88 Å². The molecule has 2 heterocycles. The molecule has 1 fully saturated rings. The zero-order chi connectivity index (χ0) is 11.6. The van der Waals surface area contributed by atoms with Gasteiger partial charge in [0.1, 0.15) is 19.3 Å². The van der Waals surface area contributed by atoms with Crippen LogP contribution in [0.4, 0.5) is 0 Å². The number of rotatable bonds is 3. The molecular weight excluding hydrogens is 214 g/mol. The van der Waals surface area contributed by atoms with E-state index in [1.165, 1.54) is 12.4 Å². The maximum Gasteiger partial charge on any atom is 0.353 e. The topological polar surface area (TPSA) is 105 Å². The van der Waals surface area contributed by atoms with Gasteiger partial charge in [-0.2, -0.15) is 5.26 Å². The minimum Gasteiger partial charge on any atom is -0.478 e. The van der Waals surface area contributed by atoms with Gasteiger partial charge in [0.15, 0.2) is 5.69 Å². The summed E-state index contributed by atoms with van der Waals surface area (Å²) in [6, 6.07) is 1.80. The van der Waals surface area contributed by atoms with Crippen LogP contribution >= 0.6 is 0 Å². The summed E-state index contributed by atoms with van der Waals surface area (Å²) in [5.41, 5.74) is -1.23. The monoisotopic (exact) mass is 221 g/mol. The molecule has 1 aromatic heterocycles. The highest BCUT2D eigenvalue weighted by Gasteiger charge is 2.49. The number of aliphatic carboxylic acids is 1. The second-order valence-corrected chi connectivity index (χ2v) is 3.25. The SMILES string of the molecule is N#Cc1cnc(OC2(C(=O)O)COC2)cn1. The minimum atomic E-state index is -1.37. The van der Waals surface area contributed by atoms with Crippen LogP contribution in [-0.2, 0) is 9.53 Å². The molecule has 1 aliphatic rings. The van der Waals surface area contributed by atoms with Crippen LogP contribution in [0, 0.1) is 11.3 Å². The molecule has 0 spiro atoms. The van der Waals surface area contributed by atoms with Gasteiger partial charge in [0, 0.05) is 0 Å². The van der Waals surface area contributed by atoms with E-state index in [1.54, 1.807) is 6.07 Å². The average molecular weight is 221 g/mol. The number of carbonyl (C=O) groups is 1. The molecule has 0 aliphatic carbocycles. The normalized spacial score (nSPS) is 16.9. The predicted molar refractivity (Wildman–Crippen MR) is 48.6 cm³/mol. The third-order valence-electron chi connectivity index (χ3n) is 2.10. The summed E-state index contributed by atoms with van der Waals surface area (Å²) in [6.07, 6.45) is 2.42. The highest BCUT2D eigenvalue weighted by atomic mass is 16.6. The summed E-state index contributed by atoms with van der Waals surface area (Å²) in [5, 5.41) is 17.4. The zero-order valence-corrected chi connectivity index (χ0v) is 8.08. The van der Waals surface area contributed by atoms with Gasteiger partial charge in [-0.05, 0) is 0 Å². The lowest BCUT2D eigenvalue weighted by Crippen LogP contribution is -2.60. The van der Waals surface area contributed by atoms with Crippen LogP contribution in [-0.4, -0.2) is 39.9 Å².